The molecule has 0 radical (unpaired) electrons. The minimum Gasteiger partial charge on any atom is -0.465 e. The van der Waals surface area contributed by atoms with Gasteiger partial charge in [-0.1, -0.05) is 12.1 Å². The predicted molar refractivity (Wildman–Crippen MR) is 101 cm³/mol. The first kappa shape index (κ1) is 19.0. The van der Waals surface area contributed by atoms with Crippen LogP contribution in [-0.2, 0) is 16.1 Å². The molecule has 0 aliphatic carbocycles. The molecule has 28 heavy (non-hydrogen) atoms. The maximum Gasteiger partial charge on any atom is 0.337 e. The summed E-state index contributed by atoms with van der Waals surface area (Å²) in [6.45, 7) is 0.329. The minimum absolute atomic E-state index is 0.216. The number of aromatic nitrogens is 1. The monoisotopic (exact) mass is 380 g/mol. The molecule has 3 aromatic rings. The number of nitrogens with one attached hydrogen (secondary N) is 1. The van der Waals surface area contributed by atoms with Crippen molar-refractivity contribution in [3.8, 4) is 0 Å². The molecule has 0 unspecified atom stereocenters. The predicted octanol–water partition coefficient (Wildman–Crippen LogP) is 3.28. The van der Waals surface area contributed by atoms with Gasteiger partial charge in [-0.3, -0.25) is 9.59 Å². The molecule has 1 N–H and O–H groups in total. The van der Waals surface area contributed by atoms with Crippen molar-refractivity contribution in [2.24, 2.45) is 0 Å². The third kappa shape index (κ3) is 4.32. The van der Waals surface area contributed by atoms with Gasteiger partial charge in [-0.05, 0) is 54.1 Å². The fourth-order valence-corrected chi connectivity index (χ4v) is 2.66. The number of carbonyl (C=O) groups is 3. The highest BCUT2D eigenvalue weighted by atomic mass is 19.1. The Hall–Kier alpha value is -3.74. The van der Waals surface area contributed by atoms with Crippen LogP contribution >= 0.6 is 0 Å². The van der Waals surface area contributed by atoms with Gasteiger partial charge >= 0.3 is 5.97 Å². The number of anilines is 1. The first-order valence-corrected chi connectivity index (χ1v) is 8.41. The second kappa shape index (κ2) is 8.30. The second-order valence-corrected chi connectivity index (χ2v) is 6.00. The van der Waals surface area contributed by atoms with E-state index in [0.717, 1.165) is 5.56 Å². The van der Waals surface area contributed by atoms with Crippen LogP contribution in [0.2, 0.25) is 0 Å². The molecule has 0 aliphatic rings. The number of ether oxygens (including phenoxy) is 1. The molecule has 3 rings (SSSR count). The summed E-state index contributed by atoms with van der Waals surface area (Å²) in [7, 11) is 1.28. The number of benzene rings is 2. The number of halogens is 1. The molecule has 142 valence electrons. The smallest absolute Gasteiger partial charge is 0.337 e. The van der Waals surface area contributed by atoms with Crippen LogP contribution in [0, 0.1) is 5.82 Å². The van der Waals surface area contributed by atoms with E-state index < -0.39 is 17.7 Å². The van der Waals surface area contributed by atoms with Gasteiger partial charge in [-0.25, -0.2) is 9.18 Å². The largest absolute Gasteiger partial charge is 0.465 e. The molecule has 0 spiro atoms. The van der Waals surface area contributed by atoms with Gasteiger partial charge in [0.2, 0.25) is 0 Å². The number of esters is 1. The van der Waals surface area contributed by atoms with Crippen molar-refractivity contribution in [1.82, 2.24) is 4.57 Å². The van der Waals surface area contributed by atoms with Gasteiger partial charge in [0.05, 0.1) is 18.4 Å². The molecule has 1 amide bonds. The summed E-state index contributed by atoms with van der Waals surface area (Å²) < 4.78 is 19.3. The lowest BCUT2D eigenvalue weighted by Crippen LogP contribution is -2.25. The molecule has 7 heteroatoms. The third-order valence-corrected chi connectivity index (χ3v) is 4.10. The van der Waals surface area contributed by atoms with Crippen molar-refractivity contribution in [2.75, 3.05) is 12.4 Å². The standard InChI is InChI=1S/C21H17FN2O4/c1-28-21(27)15-6-10-17(11-7-15)23-20(26)19(25)18-3-2-12-24(18)13-14-4-8-16(22)9-5-14/h2-12H,13H2,1H3,(H,23,26). The van der Waals surface area contributed by atoms with Crippen molar-refractivity contribution < 1.29 is 23.5 Å². The molecular formula is C21H17FN2O4. The number of ketones is 1. The molecule has 0 atom stereocenters. The van der Waals surface area contributed by atoms with Crippen LogP contribution in [0.1, 0.15) is 26.4 Å². The molecule has 0 fully saturated rings. The molecule has 1 aromatic heterocycles. The van der Waals surface area contributed by atoms with E-state index in [1.54, 1.807) is 35.0 Å². The summed E-state index contributed by atoms with van der Waals surface area (Å²) in [4.78, 5) is 36.3. The minimum atomic E-state index is -0.801. The molecule has 0 aliphatic heterocycles. The Morgan fingerprint density at radius 3 is 2.32 bits per heavy atom. The Balaban J connectivity index is 1.70. The maximum atomic E-state index is 13.0. The van der Waals surface area contributed by atoms with Crippen molar-refractivity contribution in [3.05, 3.63) is 89.5 Å². The van der Waals surface area contributed by atoms with Crippen molar-refractivity contribution in [3.63, 3.8) is 0 Å². The lowest BCUT2D eigenvalue weighted by molar-refractivity contribution is -0.112. The highest BCUT2D eigenvalue weighted by molar-refractivity contribution is 6.46. The second-order valence-electron chi connectivity index (χ2n) is 6.00. The number of nitrogens with zero attached hydrogens (tertiary/aromatic N) is 1. The molecule has 2 aromatic carbocycles. The van der Waals surface area contributed by atoms with Gasteiger partial charge < -0.3 is 14.6 Å². The number of rotatable bonds is 6. The Bertz CT molecular complexity index is 1010. The zero-order chi connectivity index (χ0) is 20.1. The molecular weight excluding hydrogens is 363 g/mol. The van der Waals surface area contributed by atoms with Crippen LogP contribution in [-0.4, -0.2) is 29.3 Å². The summed E-state index contributed by atoms with van der Waals surface area (Å²) in [5.74, 6) is -2.34. The van der Waals surface area contributed by atoms with Gasteiger partial charge in [-0.2, -0.15) is 0 Å². The first-order chi connectivity index (χ1) is 13.5. The summed E-state index contributed by atoms with van der Waals surface area (Å²) in [5.41, 5.74) is 1.72. The highest BCUT2D eigenvalue weighted by Crippen LogP contribution is 2.13. The fourth-order valence-electron chi connectivity index (χ4n) is 2.66. The fraction of sp³-hybridized carbons (Fsp3) is 0.0952. The molecule has 1 heterocycles. The zero-order valence-corrected chi connectivity index (χ0v) is 15.0. The van der Waals surface area contributed by atoms with Gasteiger partial charge in [0, 0.05) is 18.4 Å². The van der Waals surface area contributed by atoms with E-state index in [1.807, 2.05) is 0 Å². The molecule has 6 nitrogen and oxygen atoms in total. The quantitative estimate of drug-likeness (QED) is 0.404. The van der Waals surface area contributed by atoms with E-state index >= 15 is 0 Å². The van der Waals surface area contributed by atoms with Crippen molar-refractivity contribution in [2.45, 2.75) is 6.54 Å². The molecule has 0 saturated heterocycles. The summed E-state index contributed by atoms with van der Waals surface area (Å²) >= 11 is 0. The van der Waals surface area contributed by atoms with E-state index in [9.17, 15) is 18.8 Å². The average Bonchev–Trinajstić information content (AvgIpc) is 3.17. The van der Waals surface area contributed by atoms with Gasteiger partial charge in [0.15, 0.2) is 0 Å². The number of carbonyl (C=O) groups excluding carboxylic acids is 3. The number of methoxy groups -OCH3 is 1. The van der Waals surface area contributed by atoms with Crippen LogP contribution < -0.4 is 5.32 Å². The van der Waals surface area contributed by atoms with Gasteiger partial charge in [0.25, 0.3) is 11.7 Å². The Labute approximate surface area is 160 Å². The average molecular weight is 380 g/mol. The van der Waals surface area contributed by atoms with E-state index in [0.29, 0.717) is 17.8 Å². The van der Waals surface area contributed by atoms with Crippen LogP contribution in [0.25, 0.3) is 0 Å². The van der Waals surface area contributed by atoms with E-state index in [1.165, 1.54) is 43.5 Å². The SMILES string of the molecule is COC(=O)c1ccc(NC(=O)C(=O)c2cccn2Cc2ccc(F)cc2)cc1. The first-order valence-electron chi connectivity index (χ1n) is 8.41. The van der Waals surface area contributed by atoms with Gasteiger partial charge in [-0.15, -0.1) is 0 Å². The summed E-state index contributed by atoms with van der Waals surface area (Å²) in [6.07, 6.45) is 1.68. The van der Waals surface area contributed by atoms with E-state index in [4.69, 9.17) is 0 Å². The number of Topliss-reactive ketones (excluding diaryl/α,β-unsaturated/α-hetero) is 1. The lowest BCUT2D eigenvalue weighted by Gasteiger charge is -2.09. The molecule has 0 bridgehead atoms. The van der Waals surface area contributed by atoms with Crippen LogP contribution in [0.3, 0.4) is 0 Å². The number of amides is 1. The zero-order valence-electron chi connectivity index (χ0n) is 15.0. The topological polar surface area (TPSA) is 77.4 Å². The Morgan fingerprint density at radius 1 is 1.00 bits per heavy atom. The van der Waals surface area contributed by atoms with Crippen LogP contribution in [0.4, 0.5) is 10.1 Å². The Morgan fingerprint density at radius 2 is 1.68 bits per heavy atom. The number of hydrogen-bond donors (Lipinski definition) is 1. The molecule has 0 saturated carbocycles. The number of hydrogen-bond acceptors (Lipinski definition) is 4. The summed E-state index contributed by atoms with van der Waals surface area (Å²) in [5, 5.41) is 2.51. The summed E-state index contributed by atoms with van der Waals surface area (Å²) in [6, 6.07) is 15.1. The van der Waals surface area contributed by atoms with E-state index in [2.05, 4.69) is 10.1 Å². The normalized spacial score (nSPS) is 10.4. The lowest BCUT2D eigenvalue weighted by atomic mass is 10.2. The van der Waals surface area contributed by atoms with Crippen LogP contribution in [0.5, 0.6) is 0 Å². The van der Waals surface area contributed by atoms with Crippen molar-refractivity contribution >= 4 is 23.3 Å². The third-order valence-electron chi connectivity index (χ3n) is 4.10. The van der Waals surface area contributed by atoms with Crippen molar-refractivity contribution in [1.29, 1.82) is 0 Å². The van der Waals surface area contributed by atoms with E-state index in [-0.39, 0.29) is 11.5 Å². The van der Waals surface area contributed by atoms with Crippen LogP contribution in [0.15, 0.2) is 66.9 Å². The van der Waals surface area contributed by atoms with Gasteiger partial charge in [0.1, 0.15) is 5.82 Å². The maximum absolute atomic E-state index is 13.0. The Kier molecular flexibility index (Phi) is 5.64. The highest BCUT2D eigenvalue weighted by Gasteiger charge is 2.20.